The fourth-order valence-electron chi connectivity index (χ4n) is 2.59. The van der Waals surface area contributed by atoms with E-state index in [4.69, 9.17) is 0 Å². The second-order valence-corrected chi connectivity index (χ2v) is 6.43. The van der Waals surface area contributed by atoms with Crippen molar-refractivity contribution in [1.82, 2.24) is 25.3 Å². The second-order valence-electron chi connectivity index (χ2n) is 5.64. The molecule has 0 aliphatic carbocycles. The van der Waals surface area contributed by atoms with E-state index in [0.29, 0.717) is 10.2 Å². The van der Waals surface area contributed by atoms with Crippen molar-refractivity contribution in [1.29, 1.82) is 0 Å². The van der Waals surface area contributed by atoms with Crippen LogP contribution in [0.25, 0.3) is 5.69 Å². The Balaban J connectivity index is 1.81. The van der Waals surface area contributed by atoms with Crippen molar-refractivity contribution in [3.05, 3.63) is 63.6 Å². The molecule has 124 valence electrons. The van der Waals surface area contributed by atoms with Crippen LogP contribution in [0.15, 0.2) is 41.0 Å². The number of rotatable bonds is 4. The zero-order valence-electron chi connectivity index (χ0n) is 13.7. The van der Waals surface area contributed by atoms with Crippen LogP contribution in [0, 0.1) is 13.8 Å². The summed E-state index contributed by atoms with van der Waals surface area (Å²) in [6.07, 6.45) is 1.79. The maximum Gasteiger partial charge on any atom is 0.273 e. The van der Waals surface area contributed by atoms with E-state index in [9.17, 15) is 4.79 Å². The molecule has 3 rings (SSSR count). The Hall–Kier alpha value is -2.41. The monoisotopic (exact) mass is 387 g/mol. The molecule has 24 heavy (non-hydrogen) atoms. The highest BCUT2D eigenvalue weighted by atomic mass is 79.9. The molecule has 1 unspecified atom stereocenters. The third kappa shape index (κ3) is 2.99. The lowest BCUT2D eigenvalue weighted by molar-refractivity contribution is 0.0934. The highest BCUT2D eigenvalue weighted by molar-refractivity contribution is 9.10. The van der Waals surface area contributed by atoms with Crippen LogP contribution in [0.5, 0.6) is 0 Å². The molecule has 1 atom stereocenters. The van der Waals surface area contributed by atoms with Gasteiger partial charge in [0, 0.05) is 17.0 Å². The van der Waals surface area contributed by atoms with Gasteiger partial charge in [-0.1, -0.05) is 18.2 Å². The maximum absolute atomic E-state index is 12.4. The number of halogens is 1. The molecule has 2 aromatic heterocycles. The van der Waals surface area contributed by atoms with Gasteiger partial charge < -0.3 is 5.32 Å². The van der Waals surface area contributed by atoms with Gasteiger partial charge in [-0.15, -0.1) is 0 Å². The lowest BCUT2D eigenvalue weighted by atomic mass is 10.1. The number of aromatic amines is 1. The lowest BCUT2D eigenvalue weighted by Crippen LogP contribution is -2.27. The minimum atomic E-state index is -0.231. The number of hydrogen-bond donors (Lipinski definition) is 2. The number of aromatic nitrogens is 4. The van der Waals surface area contributed by atoms with Crippen LogP contribution in [0.3, 0.4) is 0 Å². The molecular formula is C17H18BrN5O. The Kier molecular flexibility index (Phi) is 4.53. The van der Waals surface area contributed by atoms with Crippen LogP contribution in [0.1, 0.15) is 40.4 Å². The Labute approximate surface area is 148 Å². The number of aryl methyl sites for hydroxylation is 1. The fraction of sp³-hybridized carbons (Fsp3) is 0.235. The molecule has 0 bridgehead atoms. The molecule has 6 nitrogen and oxygen atoms in total. The van der Waals surface area contributed by atoms with Crippen molar-refractivity contribution >= 4 is 21.8 Å². The van der Waals surface area contributed by atoms with E-state index in [1.807, 2.05) is 55.8 Å². The van der Waals surface area contributed by atoms with E-state index in [2.05, 4.69) is 36.5 Å². The van der Waals surface area contributed by atoms with Crippen molar-refractivity contribution in [2.45, 2.75) is 26.8 Å². The fourth-order valence-corrected chi connectivity index (χ4v) is 2.94. The molecule has 2 heterocycles. The van der Waals surface area contributed by atoms with E-state index < -0.39 is 0 Å². The van der Waals surface area contributed by atoms with Crippen LogP contribution < -0.4 is 5.32 Å². The molecule has 1 amide bonds. The molecule has 2 N–H and O–H groups in total. The number of para-hydroxylation sites is 1. The first-order valence-electron chi connectivity index (χ1n) is 7.60. The van der Waals surface area contributed by atoms with Gasteiger partial charge in [-0.25, -0.2) is 4.68 Å². The van der Waals surface area contributed by atoms with Gasteiger partial charge in [0.2, 0.25) is 0 Å². The highest BCUT2D eigenvalue weighted by Crippen LogP contribution is 2.22. The summed E-state index contributed by atoms with van der Waals surface area (Å²) in [7, 11) is 0. The van der Waals surface area contributed by atoms with Crippen LogP contribution >= 0.6 is 15.9 Å². The standard InChI is InChI=1S/C17H18BrN5O/c1-10(20-17(24)16-15(18)11(2)21-22-16)14-9-19-23(12(14)3)13-7-5-4-6-8-13/h4-10H,1-3H3,(H,20,24)(H,21,22). The summed E-state index contributed by atoms with van der Waals surface area (Å²) >= 11 is 3.38. The van der Waals surface area contributed by atoms with Gasteiger partial charge in [-0.2, -0.15) is 10.2 Å². The van der Waals surface area contributed by atoms with Gasteiger partial charge in [0.15, 0.2) is 5.69 Å². The third-order valence-electron chi connectivity index (χ3n) is 3.95. The first-order chi connectivity index (χ1) is 11.5. The molecule has 0 aliphatic heterocycles. The summed E-state index contributed by atoms with van der Waals surface area (Å²) in [5, 5.41) is 14.2. The van der Waals surface area contributed by atoms with Crippen molar-refractivity contribution in [3.8, 4) is 5.69 Å². The first-order valence-corrected chi connectivity index (χ1v) is 8.39. The zero-order valence-corrected chi connectivity index (χ0v) is 15.3. The summed E-state index contributed by atoms with van der Waals surface area (Å²) < 4.78 is 2.55. The number of amides is 1. The first kappa shape index (κ1) is 16.4. The van der Waals surface area contributed by atoms with Gasteiger partial charge >= 0.3 is 0 Å². The summed E-state index contributed by atoms with van der Waals surface area (Å²) in [6, 6.07) is 9.72. The topological polar surface area (TPSA) is 75.6 Å². The van der Waals surface area contributed by atoms with E-state index in [1.165, 1.54) is 0 Å². The predicted octanol–water partition coefficient (Wildman–Crippen LogP) is 3.47. The summed E-state index contributed by atoms with van der Waals surface area (Å²) in [5.41, 5.74) is 4.13. The molecule has 0 aliphatic rings. The van der Waals surface area contributed by atoms with Crippen LogP contribution in [0.4, 0.5) is 0 Å². The summed E-state index contributed by atoms with van der Waals surface area (Å²) in [4.78, 5) is 12.4. The number of benzene rings is 1. The van der Waals surface area contributed by atoms with Crippen molar-refractivity contribution in [3.63, 3.8) is 0 Å². The molecule has 0 spiro atoms. The third-order valence-corrected chi connectivity index (χ3v) is 4.92. The maximum atomic E-state index is 12.4. The average Bonchev–Trinajstić information content (AvgIpc) is 3.12. The Morgan fingerprint density at radius 3 is 2.62 bits per heavy atom. The quantitative estimate of drug-likeness (QED) is 0.719. The second kappa shape index (κ2) is 6.60. The predicted molar refractivity (Wildman–Crippen MR) is 95.2 cm³/mol. The molecule has 0 saturated carbocycles. The number of carbonyl (C=O) groups is 1. The van der Waals surface area contributed by atoms with E-state index in [1.54, 1.807) is 6.20 Å². The van der Waals surface area contributed by atoms with Crippen molar-refractivity contribution < 1.29 is 4.79 Å². The number of carbonyl (C=O) groups excluding carboxylic acids is 1. The Morgan fingerprint density at radius 2 is 2.00 bits per heavy atom. The number of hydrogen-bond acceptors (Lipinski definition) is 3. The van der Waals surface area contributed by atoms with Gasteiger partial charge in [-0.05, 0) is 48.8 Å². The van der Waals surface area contributed by atoms with E-state index in [-0.39, 0.29) is 11.9 Å². The van der Waals surface area contributed by atoms with E-state index in [0.717, 1.165) is 22.6 Å². The molecular weight excluding hydrogens is 370 g/mol. The Morgan fingerprint density at radius 1 is 1.29 bits per heavy atom. The molecule has 7 heteroatoms. The smallest absolute Gasteiger partial charge is 0.273 e. The van der Waals surface area contributed by atoms with Gasteiger partial charge in [0.25, 0.3) is 5.91 Å². The van der Waals surface area contributed by atoms with Gasteiger partial charge in [0.1, 0.15) is 0 Å². The highest BCUT2D eigenvalue weighted by Gasteiger charge is 2.20. The largest absolute Gasteiger partial charge is 0.344 e. The zero-order chi connectivity index (χ0) is 17.3. The average molecular weight is 388 g/mol. The molecule has 0 saturated heterocycles. The van der Waals surface area contributed by atoms with E-state index >= 15 is 0 Å². The van der Waals surface area contributed by atoms with Crippen molar-refractivity contribution in [2.75, 3.05) is 0 Å². The van der Waals surface area contributed by atoms with Crippen LogP contribution in [-0.4, -0.2) is 25.9 Å². The number of H-pyrrole nitrogens is 1. The lowest BCUT2D eigenvalue weighted by Gasteiger charge is -2.13. The SMILES string of the molecule is Cc1[nH]nc(C(=O)NC(C)c2cnn(-c3ccccc3)c2C)c1Br. The van der Waals surface area contributed by atoms with Crippen LogP contribution in [0.2, 0.25) is 0 Å². The summed E-state index contributed by atoms with van der Waals surface area (Å²) in [6.45, 7) is 5.78. The number of nitrogens with one attached hydrogen (secondary N) is 2. The molecule has 3 aromatic rings. The molecule has 1 aromatic carbocycles. The van der Waals surface area contributed by atoms with Crippen LogP contribution in [-0.2, 0) is 0 Å². The summed E-state index contributed by atoms with van der Waals surface area (Å²) in [5.74, 6) is -0.231. The van der Waals surface area contributed by atoms with Gasteiger partial charge in [0.05, 0.1) is 22.4 Å². The minimum absolute atomic E-state index is 0.182. The number of nitrogens with zero attached hydrogens (tertiary/aromatic N) is 3. The van der Waals surface area contributed by atoms with Crippen molar-refractivity contribution in [2.24, 2.45) is 0 Å². The van der Waals surface area contributed by atoms with Gasteiger partial charge in [-0.3, -0.25) is 9.89 Å². The Bertz CT molecular complexity index is 868. The molecule has 0 fully saturated rings. The minimum Gasteiger partial charge on any atom is -0.344 e. The molecule has 0 radical (unpaired) electrons. The normalized spacial score (nSPS) is 12.2.